The number of phenolic OH excluding ortho intramolecular Hbond substituents is 2. The van der Waals surface area contributed by atoms with Crippen LogP contribution in [0.1, 0.15) is 16.7 Å². The van der Waals surface area contributed by atoms with Crippen LogP contribution in [0.15, 0.2) is 54.6 Å². The Morgan fingerprint density at radius 2 is 1.38 bits per heavy atom. The van der Waals surface area contributed by atoms with Crippen LogP contribution in [0.2, 0.25) is 20.1 Å². The number of aromatic hydroxyl groups is 2. The second-order valence-corrected chi connectivity index (χ2v) is 9.23. The largest absolute Gasteiger partial charge is 0.504 e. The summed E-state index contributed by atoms with van der Waals surface area (Å²) in [6.45, 7) is 0. The van der Waals surface area contributed by atoms with Crippen LogP contribution in [-0.2, 0) is 14.9 Å². The predicted octanol–water partition coefficient (Wildman–Crippen LogP) is 5.89. The van der Waals surface area contributed by atoms with Gasteiger partial charge < -0.3 is 10.2 Å². The van der Waals surface area contributed by atoms with Crippen molar-refractivity contribution < 1.29 is 23.2 Å². The molecule has 0 aromatic heterocycles. The molecule has 0 saturated carbocycles. The van der Waals surface area contributed by atoms with E-state index in [0.29, 0.717) is 0 Å². The molecule has 1 unspecified atom stereocenters. The monoisotopic (exact) mass is 492 g/mol. The van der Waals surface area contributed by atoms with Gasteiger partial charge in [-0.05, 0) is 23.3 Å². The molecule has 3 aromatic rings. The predicted molar refractivity (Wildman–Crippen MR) is 114 cm³/mol. The molecule has 152 valence electrons. The zero-order valence-electron chi connectivity index (χ0n) is 14.3. The molecule has 0 aliphatic heterocycles. The fourth-order valence-electron chi connectivity index (χ4n) is 3.19. The molecule has 0 spiro atoms. The van der Waals surface area contributed by atoms with Crippen LogP contribution < -0.4 is 0 Å². The van der Waals surface area contributed by atoms with Gasteiger partial charge in [-0.15, -0.1) is 0 Å². The molecular formula is C19H12Cl4O5S. The number of halogens is 4. The van der Waals surface area contributed by atoms with Crippen molar-refractivity contribution in [3.05, 3.63) is 91.4 Å². The number of phenols is 2. The molecule has 0 radical (unpaired) electrons. The minimum atomic E-state index is -5.05. The number of hydrogen-bond donors (Lipinski definition) is 3. The molecule has 3 N–H and O–H groups in total. The average Bonchev–Trinajstić information content (AvgIpc) is 2.65. The van der Waals surface area contributed by atoms with E-state index in [1.165, 1.54) is 30.3 Å². The van der Waals surface area contributed by atoms with Crippen LogP contribution in [-0.4, -0.2) is 23.2 Å². The Labute approximate surface area is 186 Å². The summed E-state index contributed by atoms with van der Waals surface area (Å²) in [6.07, 6.45) is 0. The summed E-state index contributed by atoms with van der Waals surface area (Å²) in [4.78, 5) is 0. The quantitative estimate of drug-likeness (QED) is 0.239. The van der Waals surface area contributed by atoms with Crippen molar-refractivity contribution in [2.45, 2.75) is 4.75 Å². The van der Waals surface area contributed by atoms with E-state index in [1.807, 2.05) is 0 Å². The van der Waals surface area contributed by atoms with Crippen LogP contribution >= 0.6 is 46.4 Å². The lowest BCUT2D eigenvalue weighted by Crippen LogP contribution is -2.39. The van der Waals surface area contributed by atoms with Gasteiger partial charge in [0.05, 0.1) is 20.1 Å². The minimum absolute atomic E-state index is 0.0170. The van der Waals surface area contributed by atoms with E-state index in [0.717, 1.165) is 6.07 Å². The highest BCUT2D eigenvalue weighted by atomic mass is 35.5. The fourth-order valence-corrected chi connectivity index (χ4v) is 5.66. The molecule has 5 nitrogen and oxygen atoms in total. The molecule has 0 fully saturated rings. The average molecular weight is 494 g/mol. The fraction of sp³-hybridized carbons (Fsp3) is 0.0526. The highest BCUT2D eigenvalue weighted by Crippen LogP contribution is 2.53. The number of benzene rings is 3. The molecule has 0 aliphatic rings. The molecule has 0 aliphatic carbocycles. The van der Waals surface area contributed by atoms with Gasteiger partial charge in [0.2, 0.25) is 0 Å². The lowest BCUT2D eigenvalue weighted by molar-refractivity contribution is 0.402. The lowest BCUT2D eigenvalue weighted by atomic mass is 9.83. The third-order valence-corrected chi connectivity index (χ3v) is 7.27. The van der Waals surface area contributed by atoms with Crippen molar-refractivity contribution in [3.63, 3.8) is 0 Å². The molecule has 10 heteroatoms. The Balaban J connectivity index is 2.62. The van der Waals surface area contributed by atoms with E-state index in [1.54, 1.807) is 18.2 Å². The standard InChI is InChI=1S/C19H12Cl4O5S/c20-12-7-6-11(8-13(12)21)19(29(26,27)28,10-4-2-1-3-5-10)16-14(22)9-15(24)18(25)17(16)23/h1-9,24-25H,(H,26,27,28). The summed E-state index contributed by atoms with van der Waals surface area (Å²) < 4.78 is 34.0. The van der Waals surface area contributed by atoms with E-state index in [4.69, 9.17) is 46.4 Å². The van der Waals surface area contributed by atoms with Gasteiger partial charge in [-0.25, -0.2) is 0 Å². The zero-order valence-corrected chi connectivity index (χ0v) is 18.1. The Morgan fingerprint density at radius 1 is 0.759 bits per heavy atom. The molecular weight excluding hydrogens is 482 g/mol. The summed E-state index contributed by atoms with van der Waals surface area (Å²) in [5, 5.41) is 19.3. The second-order valence-electron chi connectivity index (χ2n) is 6.07. The first-order valence-corrected chi connectivity index (χ1v) is 10.9. The van der Waals surface area contributed by atoms with Gasteiger partial charge in [0.1, 0.15) is 0 Å². The zero-order chi connectivity index (χ0) is 21.6. The van der Waals surface area contributed by atoms with Crippen molar-refractivity contribution in [2.75, 3.05) is 0 Å². The Hall–Kier alpha value is -1.67. The topological polar surface area (TPSA) is 94.8 Å². The summed E-state index contributed by atoms with van der Waals surface area (Å²) >= 11 is 24.6. The lowest BCUT2D eigenvalue weighted by Gasteiger charge is -2.34. The van der Waals surface area contributed by atoms with Crippen molar-refractivity contribution in [3.8, 4) is 11.5 Å². The Bertz CT molecular complexity index is 1200. The van der Waals surface area contributed by atoms with Crippen molar-refractivity contribution >= 4 is 56.5 Å². The molecule has 3 rings (SSSR count). The highest BCUT2D eigenvalue weighted by molar-refractivity contribution is 7.87. The maximum atomic E-state index is 13.0. The van der Waals surface area contributed by atoms with Gasteiger partial charge in [-0.2, -0.15) is 8.42 Å². The van der Waals surface area contributed by atoms with Crippen LogP contribution in [0.4, 0.5) is 0 Å². The number of rotatable bonds is 4. The molecule has 0 heterocycles. The van der Waals surface area contributed by atoms with Crippen LogP contribution in [0.3, 0.4) is 0 Å². The summed E-state index contributed by atoms with van der Waals surface area (Å²) in [6, 6.07) is 12.5. The highest BCUT2D eigenvalue weighted by Gasteiger charge is 2.51. The summed E-state index contributed by atoms with van der Waals surface area (Å²) in [5.41, 5.74) is -0.326. The first kappa shape index (κ1) is 22.0. The number of hydrogen-bond acceptors (Lipinski definition) is 4. The SMILES string of the molecule is O=S(=O)(O)C(c1ccccc1)(c1ccc(Cl)c(Cl)c1)c1c(Cl)cc(O)c(O)c1Cl. The van der Waals surface area contributed by atoms with Gasteiger partial charge in [0.15, 0.2) is 16.2 Å². The molecule has 1 atom stereocenters. The van der Waals surface area contributed by atoms with Gasteiger partial charge in [0.25, 0.3) is 10.1 Å². The minimum Gasteiger partial charge on any atom is -0.504 e. The van der Waals surface area contributed by atoms with Gasteiger partial charge in [0, 0.05) is 11.6 Å². The summed E-state index contributed by atoms with van der Waals surface area (Å²) in [5.74, 6) is -1.45. The van der Waals surface area contributed by atoms with Crippen molar-refractivity contribution in [1.29, 1.82) is 0 Å². The second kappa shape index (κ2) is 7.87. The van der Waals surface area contributed by atoms with E-state index >= 15 is 0 Å². The van der Waals surface area contributed by atoms with E-state index < -0.39 is 31.4 Å². The maximum absolute atomic E-state index is 13.0. The summed E-state index contributed by atoms with van der Waals surface area (Å²) in [7, 11) is -5.05. The Morgan fingerprint density at radius 3 is 1.93 bits per heavy atom. The van der Waals surface area contributed by atoms with Crippen LogP contribution in [0, 0.1) is 0 Å². The maximum Gasteiger partial charge on any atom is 0.283 e. The first-order chi connectivity index (χ1) is 13.5. The van der Waals surface area contributed by atoms with Gasteiger partial charge in [-0.3, -0.25) is 4.55 Å². The molecule has 0 bridgehead atoms. The smallest absolute Gasteiger partial charge is 0.283 e. The van der Waals surface area contributed by atoms with E-state index in [-0.39, 0.29) is 31.8 Å². The van der Waals surface area contributed by atoms with Crippen molar-refractivity contribution in [1.82, 2.24) is 0 Å². The normalized spacial score (nSPS) is 13.8. The van der Waals surface area contributed by atoms with Gasteiger partial charge >= 0.3 is 0 Å². The van der Waals surface area contributed by atoms with Crippen molar-refractivity contribution in [2.24, 2.45) is 0 Å². The molecule has 3 aromatic carbocycles. The molecule has 29 heavy (non-hydrogen) atoms. The van der Waals surface area contributed by atoms with Crippen LogP contribution in [0.25, 0.3) is 0 Å². The molecule has 0 amide bonds. The third-order valence-electron chi connectivity index (χ3n) is 4.42. The first-order valence-electron chi connectivity index (χ1n) is 7.90. The van der Waals surface area contributed by atoms with Gasteiger partial charge in [-0.1, -0.05) is 82.8 Å². The third kappa shape index (κ3) is 3.54. The van der Waals surface area contributed by atoms with Crippen LogP contribution in [0.5, 0.6) is 11.5 Å². The van der Waals surface area contributed by atoms with E-state index in [9.17, 15) is 23.2 Å². The Kier molecular flexibility index (Phi) is 5.98. The molecule has 0 saturated heterocycles. The van der Waals surface area contributed by atoms with E-state index in [2.05, 4.69) is 0 Å².